The van der Waals surface area contributed by atoms with Crippen LogP contribution in [0.25, 0.3) is 27.9 Å². The summed E-state index contributed by atoms with van der Waals surface area (Å²) in [5.74, 6) is 0.714. The van der Waals surface area contributed by atoms with Gasteiger partial charge in [-0.15, -0.1) is 0 Å². The van der Waals surface area contributed by atoms with Crippen molar-refractivity contribution in [2.24, 2.45) is 0 Å². The highest BCUT2D eigenvalue weighted by Gasteiger charge is 2.21. The van der Waals surface area contributed by atoms with Crippen molar-refractivity contribution in [3.63, 3.8) is 0 Å². The fourth-order valence-corrected chi connectivity index (χ4v) is 3.70. The first-order valence-corrected chi connectivity index (χ1v) is 9.63. The first-order valence-electron chi connectivity index (χ1n) is 9.63. The monoisotopic (exact) mass is 384 g/mol. The largest absolute Gasteiger partial charge is 0.353 e. The molecular formula is C22H20N6O. The van der Waals surface area contributed by atoms with Gasteiger partial charge >= 0.3 is 0 Å². The zero-order valence-electron chi connectivity index (χ0n) is 15.8. The fourth-order valence-electron chi connectivity index (χ4n) is 3.70. The third-order valence-corrected chi connectivity index (χ3v) is 5.23. The lowest BCUT2D eigenvalue weighted by Crippen LogP contribution is -2.48. The molecule has 0 bridgehead atoms. The third-order valence-electron chi connectivity index (χ3n) is 5.23. The summed E-state index contributed by atoms with van der Waals surface area (Å²) in [5.41, 5.74) is 2.85. The minimum absolute atomic E-state index is 0.000506. The Hall–Kier alpha value is -3.74. The maximum Gasteiger partial charge on any atom is 0.246 e. The van der Waals surface area contributed by atoms with Gasteiger partial charge in [0.2, 0.25) is 11.9 Å². The van der Waals surface area contributed by atoms with Gasteiger partial charge in [-0.25, -0.2) is 9.97 Å². The number of rotatable bonds is 3. The molecule has 7 heteroatoms. The molecule has 4 heterocycles. The smallest absolute Gasteiger partial charge is 0.246 e. The average molecular weight is 384 g/mol. The number of nitrogens with zero attached hydrogens (tertiary/aromatic N) is 5. The second-order valence-corrected chi connectivity index (χ2v) is 7.02. The molecule has 144 valence electrons. The maximum atomic E-state index is 12.6. The first-order chi connectivity index (χ1) is 14.3. The quantitative estimate of drug-likeness (QED) is 0.550. The molecule has 1 N–H and O–H groups in total. The number of hydrogen-bond acceptors (Lipinski definition) is 5. The Morgan fingerprint density at radius 3 is 2.55 bits per heavy atom. The summed E-state index contributed by atoms with van der Waals surface area (Å²) in [7, 11) is 0. The van der Waals surface area contributed by atoms with Gasteiger partial charge in [0.1, 0.15) is 0 Å². The van der Waals surface area contributed by atoms with Gasteiger partial charge in [-0.2, -0.15) is 0 Å². The van der Waals surface area contributed by atoms with Crippen LogP contribution in [0.2, 0.25) is 0 Å². The molecular weight excluding hydrogens is 364 g/mol. The Labute approximate surface area is 167 Å². The molecule has 0 radical (unpaired) electrons. The summed E-state index contributed by atoms with van der Waals surface area (Å²) in [6, 6.07) is 12.0. The van der Waals surface area contributed by atoms with Crippen LogP contribution in [0.4, 0.5) is 5.95 Å². The molecule has 3 aromatic heterocycles. The van der Waals surface area contributed by atoms with Crippen LogP contribution in [0, 0.1) is 0 Å². The number of pyridine rings is 1. The van der Waals surface area contributed by atoms with Crippen molar-refractivity contribution >= 4 is 39.7 Å². The van der Waals surface area contributed by atoms with E-state index in [-0.39, 0.29) is 5.91 Å². The van der Waals surface area contributed by atoms with E-state index in [1.165, 1.54) is 0 Å². The molecule has 0 atom stereocenters. The van der Waals surface area contributed by atoms with Crippen molar-refractivity contribution in [1.29, 1.82) is 0 Å². The van der Waals surface area contributed by atoms with E-state index in [4.69, 9.17) is 0 Å². The van der Waals surface area contributed by atoms with E-state index in [1.807, 2.05) is 29.3 Å². The minimum atomic E-state index is -0.000506. The number of nitrogens with one attached hydrogen (secondary N) is 1. The van der Waals surface area contributed by atoms with Gasteiger partial charge in [-0.1, -0.05) is 18.2 Å². The van der Waals surface area contributed by atoms with E-state index in [0.29, 0.717) is 19.0 Å². The number of carbonyl (C=O) groups is 1. The maximum absolute atomic E-state index is 12.6. The van der Waals surface area contributed by atoms with Crippen molar-refractivity contribution in [1.82, 2.24) is 24.8 Å². The molecule has 1 aliphatic heterocycles. The summed E-state index contributed by atoms with van der Waals surface area (Å²) in [6.45, 7) is 2.75. The van der Waals surface area contributed by atoms with Gasteiger partial charge in [-0.05, 0) is 24.3 Å². The van der Waals surface area contributed by atoms with Crippen LogP contribution in [0.1, 0.15) is 5.69 Å². The summed E-state index contributed by atoms with van der Waals surface area (Å²) < 4.78 is 0. The van der Waals surface area contributed by atoms with Gasteiger partial charge in [0.25, 0.3) is 0 Å². The third kappa shape index (κ3) is 3.42. The zero-order valence-corrected chi connectivity index (χ0v) is 15.8. The number of piperazine rings is 1. The Bertz CT molecular complexity index is 1190. The van der Waals surface area contributed by atoms with Gasteiger partial charge in [0.15, 0.2) is 0 Å². The van der Waals surface area contributed by atoms with Crippen LogP contribution in [-0.2, 0) is 4.79 Å². The number of H-pyrrole nitrogens is 1. The minimum Gasteiger partial charge on any atom is -0.353 e. The molecule has 0 saturated carbocycles. The van der Waals surface area contributed by atoms with Crippen LogP contribution in [-0.4, -0.2) is 56.9 Å². The summed E-state index contributed by atoms with van der Waals surface area (Å²) in [4.78, 5) is 32.9. The molecule has 4 aromatic rings. The van der Waals surface area contributed by atoms with Crippen LogP contribution < -0.4 is 4.90 Å². The predicted octanol–water partition coefficient (Wildman–Crippen LogP) is 2.87. The van der Waals surface area contributed by atoms with Crippen molar-refractivity contribution < 1.29 is 4.79 Å². The average Bonchev–Trinajstić information content (AvgIpc) is 3.16. The zero-order chi connectivity index (χ0) is 19.6. The van der Waals surface area contributed by atoms with E-state index in [9.17, 15) is 4.79 Å². The second kappa shape index (κ2) is 7.35. The predicted molar refractivity (Wildman–Crippen MR) is 113 cm³/mol. The van der Waals surface area contributed by atoms with Crippen molar-refractivity contribution in [3.05, 3.63) is 66.8 Å². The topological polar surface area (TPSA) is 78.0 Å². The van der Waals surface area contributed by atoms with Crippen molar-refractivity contribution in [2.45, 2.75) is 0 Å². The molecule has 0 aliphatic carbocycles. The molecule has 1 amide bonds. The molecule has 0 spiro atoms. The number of anilines is 1. The summed E-state index contributed by atoms with van der Waals surface area (Å²) >= 11 is 0. The molecule has 5 rings (SSSR count). The number of amides is 1. The summed E-state index contributed by atoms with van der Waals surface area (Å²) in [6.07, 6.45) is 8.69. The van der Waals surface area contributed by atoms with E-state index >= 15 is 0 Å². The van der Waals surface area contributed by atoms with Crippen molar-refractivity contribution in [3.8, 4) is 0 Å². The first kappa shape index (κ1) is 17.4. The Morgan fingerprint density at radius 1 is 0.931 bits per heavy atom. The Balaban J connectivity index is 1.28. The van der Waals surface area contributed by atoms with Crippen LogP contribution in [0.5, 0.6) is 0 Å². The number of aromatic nitrogens is 4. The highest BCUT2D eigenvalue weighted by atomic mass is 16.2. The molecule has 1 aromatic carbocycles. The molecule has 0 unspecified atom stereocenters. The molecule has 1 saturated heterocycles. The fraction of sp³-hybridized carbons (Fsp3) is 0.182. The molecule has 7 nitrogen and oxygen atoms in total. The Kier molecular flexibility index (Phi) is 4.40. The highest BCUT2D eigenvalue weighted by Crippen LogP contribution is 2.25. The Morgan fingerprint density at radius 2 is 1.72 bits per heavy atom. The van der Waals surface area contributed by atoms with E-state index in [0.717, 1.165) is 40.6 Å². The van der Waals surface area contributed by atoms with E-state index in [2.05, 4.69) is 37.0 Å². The lowest BCUT2D eigenvalue weighted by Gasteiger charge is -2.34. The number of benzene rings is 1. The number of hydrogen-bond donors (Lipinski definition) is 1. The van der Waals surface area contributed by atoms with Gasteiger partial charge in [-0.3, -0.25) is 9.78 Å². The number of para-hydroxylation sites is 1. The second-order valence-electron chi connectivity index (χ2n) is 7.02. The van der Waals surface area contributed by atoms with Crippen LogP contribution >= 0.6 is 0 Å². The van der Waals surface area contributed by atoms with Crippen LogP contribution in [0.3, 0.4) is 0 Å². The van der Waals surface area contributed by atoms with Gasteiger partial charge < -0.3 is 14.8 Å². The summed E-state index contributed by atoms with van der Waals surface area (Å²) in [5, 5.41) is 2.27. The van der Waals surface area contributed by atoms with E-state index in [1.54, 1.807) is 30.6 Å². The van der Waals surface area contributed by atoms with E-state index < -0.39 is 0 Å². The number of carbonyl (C=O) groups excluding carboxylic acids is 1. The molecule has 1 fully saturated rings. The molecule has 29 heavy (non-hydrogen) atoms. The van der Waals surface area contributed by atoms with Gasteiger partial charge in [0.05, 0.1) is 17.4 Å². The number of fused-ring (bicyclic) bond motifs is 3. The lowest BCUT2D eigenvalue weighted by atomic mass is 10.1. The SMILES string of the molecule is O=C(/C=C/c1cc2c(cn1)[nH]c1ccccc12)N1CCN(c2ncccn2)CC1. The van der Waals surface area contributed by atoms with Crippen molar-refractivity contribution in [2.75, 3.05) is 31.1 Å². The normalized spacial score (nSPS) is 14.9. The molecule has 1 aliphatic rings. The standard InChI is InChI=1S/C22H20N6O/c29-21(27-10-12-28(13-11-27)22-23-8-3-9-24-22)7-6-16-14-18-17-4-1-2-5-19(17)26-20(18)15-25-16/h1-9,14-15,26H,10-13H2/b7-6+. The van der Waals surface area contributed by atoms with Gasteiger partial charge in [0, 0.05) is 60.9 Å². The highest BCUT2D eigenvalue weighted by molar-refractivity contribution is 6.07. The number of aromatic amines is 1. The lowest BCUT2D eigenvalue weighted by molar-refractivity contribution is -0.126. The van der Waals surface area contributed by atoms with Crippen LogP contribution in [0.15, 0.2) is 61.1 Å².